The maximum Gasteiger partial charge on any atom is 0.0348 e. The molecule has 3 rings (SSSR count). The van der Waals surface area contributed by atoms with E-state index in [4.69, 9.17) is 0 Å². The lowest BCUT2D eigenvalue weighted by atomic mass is 9.72. The molecule has 1 fully saturated rings. The zero-order valence-corrected chi connectivity index (χ0v) is 13.1. The van der Waals surface area contributed by atoms with Crippen molar-refractivity contribution in [3.05, 3.63) is 34.9 Å². The van der Waals surface area contributed by atoms with Crippen molar-refractivity contribution in [2.24, 2.45) is 11.8 Å². The van der Waals surface area contributed by atoms with E-state index in [0.717, 1.165) is 11.8 Å². The van der Waals surface area contributed by atoms with E-state index in [1.165, 1.54) is 51.4 Å². The number of fused-ring (bicyclic) bond motifs is 1. The molecule has 0 saturated heterocycles. The van der Waals surface area contributed by atoms with Crippen molar-refractivity contribution in [1.29, 1.82) is 0 Å². The van der Waals surface area contributed by atoms with Crippen LogP contribution < -0.4 is 5.32 Å². The Morgan fingerprint density at radius 1 is 1.10 bits per heavy atom. The van der Waals surface area contributed by atoms with Crippen molar-refractivity contribution in [2.45, 2.75) is 64.3 Å². The highest BCUT2D eigenvalue weighted by molar-refractivity contribution is 5.36. The lowest BCUT2D eigenvalue weighted by Gasteiger charge is -2.37. The van der Waals surface area contributed by atoms with E-state index in [9.17, 15) is 0 Å². The first-order valence-electron chi connectivity index (χ1n) is 8.62. The molecule has 2 aliphatic carbocycles. The molecule has 1 N–H and O–H groups in total. The molecular weight excluding hydrogens is 242 g/mol. The zero-order valence-electron chi connectivity index (χ0n) is 13.1. The van der Waals surface area contributed by atoms with E-state index in [0.29, 0.717) is 6.04 Å². The standard InChI is InChI=1S/C19H29N/c1-3-14-7-4-5-10-18(14)19(20-2)17-12-11-15-8-6-9-16(15)13-17/h11-14,18-20H,3-10H2,1-2H3. The molecular formula is C19H29N. The summed E-state index contributed by atoms with van der Waals surface area (Å²) < 4.78 is 0. The minimum Gasteiger partial charge on any atom is -0.313 e. The monoisotopic (exact) mass is 271 g/mol. The predicted octanol–water partition coefficient (Wildman–Crippen LogP) is 4.65. The van der Waals surface area contributed by atoms with Crippen LogP contribution >= 0.6 is 0 Å². The van der Waals surface area contributed by atoms with Gasteiger partial charge in [0.15, 0.2) is 0 Å². The fourth-order valence-electron chi connectivity index (χ4n) is 4.60. The molecule has 20 heavy (non-hydrogen) atoms. The van der Waals surface area contributed by atoms with Gasteiger partial charge in [0.05, 0.1) is 0 Å². The number of aryl methyl sites for hydroxylation is 2. The Labute approximate surface area is 124 Å². The smallest absolute Gasteiger partial charge is 0.0348 e. The Balaban J connectivity index is 1.85. The number of rotatable bonds is 4. The van der Waals surface area contributed by atoms with E-state index in [-0.39, 0.29) is 0 Å². The Morgan fingerprint density at radius 2 is 1.90 bits per heavy atom. The molecule has 0 heterocycles. The van der Waals surface area contributed by atoms with E-state index >= 15 is 0 Å². The molecule has 0 radical (unpaired) electrons. The topological polar surface area (TPSA) is 12.0 Å². The third-order valence-corrected chi connectivity index (χ3v) is 5.71. The summed E-state index contributed by atoms with van der Waals surface area (Å²) in [6, 6.07) is 7.86. The highest BCUT2D eigenvalue weighted by Gasteiger charge is 2.31. The molecule has 2 aliphatic rings. The Kier molecular flexibility index (Phi) is 4.45. The SMILES string of the molecule is CCC1CCCCC1C(NC)c1ccc2c(c1)CCC2. The van der Waals surface area contributed by atoms with Crippen LogP contribution in [-0.2, 0) is 12.8 Å². The average molecular weight is 271 g/mol. The normalized spacial score (nSPS) is 27.3. The molecule has 3 unspecified atom stereocenters. The van der Waals surface area contributed by atoms with Crippen LogP contribution in [0.1, 0.15) is 68.2 Å². The van der Waals surface area contributed by atoms with Crippen LogP contribution in [-0.4, -0.2) is 7.05 Å². The van der Waals surface area contributed by atoms with Crippen molar-refractivity contribution >= 4 is 0 Å². The first kappa shape index (κ1) is 14.1. The van der Waals surface area contributed by atoms with Gasteiger partial charge in [-0.15, -0.1) is 0 Å². The molecule has 1 nitrogen and oxygen atoms in total. The first-order valence-corrected chi connectivity index (χ1v) is 8.62. The molecule has 0 amide bonds. The fourth-order valence-corrected chi connectivity index (χ4v) is 4.60. The number of benzene rings is 1. The summed E-state index contributed by atoms with van der Waals surface area (Å²) in [4.78, 5) is 0. The van der Waals surface area contributed by atoms with Gasteiger partial charge >= 0.3 is 0 Å². The molecule has 1 heteroatoms. The fraction of sp³-hybridized carbons (Fsp3) is 0.684. The first-order chi connectivity index (χ1) is 9.83. The Hall–Kier alpha value is -0.820. The molecule has 0 aromatic heterocycles. The van der Waals surface area contributed by atoms with Crippen LogP contribution in [0.15, 0.2) is 18.2 Å². The third-order valence-electron chi connectivity index (χ3n) is 5.71. The van der Waals surface area contributed by atoms with Crippen molar-refractivity contribution in [2.75, 3.05) is 7.05 Å². The lowest BCUT2D eigenvalue weighted by Crippen LogP contribution is -2.32. The van der Waals surface area contributed by atoms with Crippen molar-refractivity contribution < 1.29 is 0 Å². The molecule has 0 aliphatic heterocycles. The number of hydrogen-bond donors (Lipinski definition) is 1. The second-order valence-electron chi connectivity index (χ2n) is 6.76. The minimum atomic E-state index is 0.561. The Bertz CT molecular complexity index is 451. The molecule has 1 saturated carbocycles. The summed E-state index contributed by atoms with van der Waals surface area (Å²) in [6.45, 7) is 2.37. The molecule has 0 bridgehead atoms. The van der Waals surface area contributed by atoms with E-state index in [1.54, 1.807) is 16.7 Å². The van der Waals surface area contributed by atoms with Crippen LogP contribution in [0.3, 0.4) is 0 Å². The van der Waals surface area contributed by atoms with Crippen LogP contribution in [0.5, 0.6) is 0 Å². The molecule has 1 aromatic rings. The van der Waals surface area contributed by atoms with Gasteiger partial charge in [-0.3, -0.25) is 0 Å². The maximum atomic E-state index is 3.64. The predicted molar refractivity (Wildman–Crippen MR) is 86.0 cm³/mol. The summed E-state index contributed by atoms with van der Waals surface area (Å²) in [5.41, 5.74) is 4.75. The Morgan fingerprint density at radius 3 is 2.70 bits per heavy atom. The second kappa shape index (κ2) is 6.30. The van der Waals surface area contributed by atoms with Crippen molar-refractivity contribution in [3.8, 4) is 0 Å². The molecule has 1 aromatic carbocycles. The summed E-state index contributed by atoms with van der Waals surface area (Å²) in [7, 11) is 2.15. The highest BCUT2D eigenvalue weighted by atomic mass is 14.9. The summed E-state index contributed by atoms with van der Waals surface area (Å²) in [5, 5.41) is 3.64. The lowest BCUT2D eigenvalue weighted by molar-refractivity contribution is 0.180. The van der Waals surface area contributed by atoms with Gasteiger partial charge in [0, 0.05) is 6.04 Å². The van der Waals surface area contributed by atoms with Gasteiger partial charge < -0.3 is 5.32 Å². The van der Waals surface area contributed by atoms with Gasteiger partial charge in [0.25, 0.3) is 0 Å². The second-order valence-corrected chi connectivity index (χ2v) is 6.76. The number of hydrogen-bond acceptors (Lipinski definition) is 1. The van der Waals surface area contributed by atoms with Gasteiger partial charge in [-0.25, -0.2) is 0 Å². The third kappa shape index (κ3) is 2.65. The van der Waals surface area contributed by atoms with Crippen molar-refractivity contribution in [1.82, 2.24) is 5.32 Å². The molecule has 110 valence electrons. The zero-order chi connectivity index (χ0) is 13.9. The van der Waals surface area contributed by atoms with Crippen molar-refractivity contribution in [3.63, 3.8) is 0 Å². The van der Waals surface area contributed by atoms with E-state index in [1.807, 2.05) is 0 Å². The summed E-state index contributed by atoms with van der Waals surface area (Å²) in [6.07, 6.45) is 11.0. The van der Waals surface area contributed by atoms with Crippen LogP contribution in [0.2, 0.25) is 0 Å². The van der Waals surface area contributed by atoms with Crippen LogP contribution in [0.4, 0.5) is 0 Å². The quantitative estimate of drug-likeness (QED) is 0.840. The summed E-state index contributed by atoms with van der Waals surface area (Å²) in [5.74, 6) is 1.74. The van der Waals surface area contributed by atoms with Gasteiger partial charge in [-0.05, 0) is 61.3 Å². The van der Waals surface area contributed by atoms with Gasteiger partial charge in [0.1, 0.15) is 0 Å². The average Bonchev–Trinajstić information content (AvgIpc) is 2.96. The summed E-state index contributed by atoms with van der Waals surface area (Å²) >= 11 is 0. The minimum absolute atomic E-state index is 0.561. The van der Waals surface area contributed by atoms with Gasteiger partial charge in [0.2, 0.25) is 0 Å². The largest absolute Gasteiger partial charge is 0.313 e. The number of nitrogens with one attached hydrogen (secondary N) is 1. The van der Waals surface area contributed by atoms with Gasteiger partial charge in [-0.1, -0.05) is 50.8 Å². The van der Waals surface area contributed by atoms with Crippen LogP contribution in [0.25, 0.3) is 0 Å². The molecule has 3 atom stereocenters. The van der Waals surface area contributed by atoms with E-state index < -0.39 is 0 Å². The maximum absolute atomic E-state index is 3.64. The van der Waals surface area contributed by atoms with Crippen LogP contribution in [0, 0.1) is 11.8 Å². The van der Waals surface area contributed by atoms with Gasteiger partial charge in [-0.2, -0.15) is 0 Å². The van der Waals surface area contributed by atoms with E-state index in [2.05, 4.69) is 37.5 Å². The molecule has 0 spiro atoms. The highest BCUT2D eigenvalue weighted by Crippen LogP contribution is 2.40.